The highest BCUT2D eigenvalue weighted by Gasteiger charge is 2.18. The van der Waals surface area contributed by atoms with Crippen molar-refractivity contribution in [3.05, 3.63) is 35.5 Å². The van der Waals surface area contributed by atoms with Crippen molar-refractivity contribution in [1.29, 1.82) is 0 Å². The first-order chi connectivity index (χ1) is 8.13. The largest absolute Gasteiger partial charge is 0.477 e. The number of aromatic amines is 1. The Balaban J connectivity index is 2.59. The molecular weight excluding hydrogens is 220 g/mol. The highest BCUT2D eigenvalue weighted by atomic mass is 16.4. The Hall–Kier alpha value is -2.30. The van der Waals surface area contributed by atoms with Crippen LogP contribution in [0.4, 0.5) is 0 Å². The van der Waals surface area contributed by atoms with Crippen molar-refractivity contribution < 1.29 is 14.7 Å². The number of hydrogen-bond donors (Lipinski definition) is 3. The molecule has 2 rings (SSSR count). The second-order valence-corrected chi connectivity index (χ2v) is 3.68. The first kappa shape index (κ1) is 11.2. The number of likely N-dealkylation sites (N-methyl/N-ethyl adjacent to an activating group) is 1. The van der Waals surface area contributed by atoms with Crippen LogP contribution in [-0.4, -0.2) is 29.0 Å². The fourth-order valence-electron chi connectivity index (χ4n) is 1.82. The van der Waals surface area contributed by atoms with Gasteiger partial charge in [-0.25, -0.2) is 4.79 Å². The van der Waals surface area contributed by atoms with E-state index in [9.17, 15) is 9.59 Å². The van der Waals surface area contributed by atoms with Gasteiger partial charge in [0.15, 0.2) is 0 Å². The molecule has 1 heterocycles. The van der Waals surface area contributed by atoms with Gasteiger partial charge < -0.3 is 15.4 Å². The van der Waals surface area contributed by atoms with E-state index in [4.69, 9.17) is 5.11 Å². The van der Waals surface area contributed by atoms with Gasteiger partial charge in [-0.3, -0.25) is 4.79 Å². The van der Waals surface area contributed by atoms with Crippen LogP contribution < -0.4 is 5.32 Å². The summed E-state index contributed by atoms with van der Waals surface area (Å²) in [5, 5.41) is 12.3. The SMILES string of the molecule is CNC(=O)Cc1c(C(=O)O)[nH]c2ccccc12. The molecule has 1 aromatic carbocycles. The van der Waals surface area contributed by atoms with Crippen molar-refractivity contribution in [2.75, 3.05) is 7.05 Å². The van der Waals surface area contributed by atoms with Crippen LogP contribution in [0.2, 0.25) is 0 Å². The number of carbonyl (C=O) groups is 2. The summed E-state index contributed by atoms with van der Waals surface area (Å²) in [6.07, 6.45) is 0.0577. The van der Waals surface area contributed by atoms with E-state index in [2.05, 4.69) is 10.3 Å². The maximum Gasteiger partial charge on any atom is 0.352 e. The molecule has 0 atom stereocenters. The fourth-order valence-corrected chi connectivity index (χ4v) is 1.82. The van der Waals surface area contributed by atoms with Gasteiger partial charge in [0.05, 0.1) is 6.42 Å². The lowest BCUT2D eigenvalue weighted by atomic mass is 10.1. The minimum absolute atomic E-state index is 0.0577. The number of H-pyrrole nitrogens is 1. The van der Waals surface area contributed by atoms with E-state index in [1.807, 2.05) is 12.1 Å². The molecule has 1 amide bonds. The lowest BCUT2D eigenvalue weighted by Crippen LogP contribution is -2.21. The quantitative estimate of drug-likeness (QED) is 0.742. The van der Waals surface area contributed by atoms with E-state index in [0.29, 0.717) is 5.56 Å². The first-order valence-electron chi connectivity index (χ1n) is 5.17. The van der Waals surface area contributed by atoms with Crippen LogP contribution in [0.5, 0.6) is 0 Å². The summed E-state index contributed by atoms with van der Waals surface area (Å²) in [5.41, 5.74) is 1.33. The average Bonchev–Trinajstić information content (AvgIpc) is 2.68. The van der Waals surface area contributed by atoms with Gasteiger partial charge in [-0.2, -0.15) is 0 Å². The summed E-state index contributed by atoms with van der Waals surface area (Å²) in [4.78, 5) is 25.3. The Bertz CT molecular complexity index is 586. The molecule has 0 saturated carbocycles. The molecule has 17 heavy (non-hydrogen) atoms. The van der Waals surface area contributed by atoms with Crippen molar-refractivity contribution in [3.63, 3.8) is 0 Å². The molecule has 3 N–H and O–H groups in total. The molecule has 5 heteroatoms. The lowest BCUT2D eigenvalue weighted by molar-refractivity contribution is -0.119. The third kappa shape index (κ3) is 1.99. The van der Waals surface area contributed by atoms with E-state index in [-0.39, 0.29) is 18.0 Å². The van der Waals surface area contributed by atoms with E-state index in [0.717, 1.165) is 10.9 Å². The van der Waals surface area contributed by atoms with Crippen molar-refractivity contribution in [2.24, 2.45) is 0 Å². The summed E-state index contributed by atoms with van der Waals surface area (Å²) >= 11 is 0. The Morgan fingerprint density at radius 3 is 2.71 bits per heavy atom. The Morgan fingerprint density at radius 1 is 1.35 bits per heavy atom. The number of fused-ring (bicyclic) bond motifs is 1. The van der Waals surface area contributed by atoms with Crippen molar-refractivity contribution >= 4 is 22.8 Å². The molecule has 88 valence electrons. The molecule has 0 saturated heterocycles. The summed E-state index contributed by atoms with van der Waals surface area (Å²) in [7, 11) is 1.53. The van der Waals surface area contributed by atoms with E-state index in [1.54, 1.807) is 12.1 Å². The number of benzene rings is 1. The Labute approximate surface area is 97.4 Å². The number of hydrogen-bond acceptors (Lipinski definition) is 2. The lowest BCUT2D eigenvalue weighted by Gasteiger charge is -2.00. The second-order valence-electron chi connectivity index (χ2n) is 3.68. The summed E-state index contributed by atoms with van der Waals surface area (Å²) in [6, 6.07) is 7.22. The van der Waals surface area contributed by atoms with Gasteiger partial charge in [0.1, 0.15) is 5.69 Å². The van der Waals surface area contributed by atoms with E-state index < -0.39 is 5.97 Å². The highest BCUT2D eigenvalue weighted by Crippen LogP contribution is 2.22. The number of rotatable bonds is 3. The van der Waals surface area contributed by atoms with E-state index in [1.165, 1.54) is 7.05 Å². The van der Waals surface area contributed by atoms with Crippen molar-refractivity contribution in [1.82, 2.24) is 10.3 Å². The van der Waals surface area contributed by atoms with Gasteiger partial charge in [0.25, 0.3) is 0 Å². The highest BCUT2D eigenvalue weighted by molar-refractivity contribution is 5.99. The summed E-state index contributed by atoms with van der Waals surface area (Å²) < 4.78 is 0. The molecule has 0 bridgehead atoms. The van der Waals surface area contributed by atoms with Crippen LogP contribution in [0, 0.1) is 0 Å². The zero-order valence-corrected chi connectivity index (χ0v) is 9.28. The number of nitrogens with one attached hydrogen (secondary N) is 2. The smallest absolute Gasteiger partial charge is 0.352 e. The van der Waals surface area contributed by atoms with Crippen LogP contribution in [0.1, 0.15) is 16.1 Å². The number of carbonyl (C=O) groups excluding carboxylic acids is 1. The van der Waals surface area contributed by atoms with Crippen LogP contribution >= 0.6 is 0 Å². The molecule has 0 aliphatic rings. The Kier molecular flexibility index (Phi) is 2.82. The molecule has 0 spiro atoms. The van der Waals surface area contributed by atoms with Gasteiger partial charge in [-0.1, -0.05) is 18.2 Å². The van der Waals surface area contributed by atoms with Gasteiger partial charge in [0.2, 0.25) is 5.91 Å². The monoisotopic (exact) mass is 232 g/mol. The maximum absolute atomic E-state index is 11.4. The number of aromatic nitrogens is 1. The minimum Gasteiger partial charge on any atom is -0.477 e. The zero-order valence-electron chi connectivity index (χ0n) is 9.28. The van der Waals surface area contributed by atoms with Gasteiger partial charge in [0, 0.05) is 23.5 Å². The third-order valence-electron chi connectivity index (χ3n) is 2.64. The van der Waals surface area contributed by atoms with Crippen LogP contribution in [0.15, 0.2) is 24.3 Å². The molecule has 0 radical (unpaired) electrons. The molecule has 0 fully saturated rings. The molecule has 0 aliphatic carbocycles. The van der Waals surface area contributed by atoms with Crippen molar-refractivity contribution in [2.45, 2.75) is 6.42 Å². The molecule has 0 unspecified atom stereocenters. The number of amides is 1. The number of carboxylic acids is 1. The second kappa shape index (κ2) is 4.29. The topological polar surface area (TPSA) is 82.2 Å². The summed E-state index contributed by atoms with van der Waals surface area (Å²) in [5.74, 6) is -1.27. The third-order valence-corrected chi connectivity index (χ3v) is 2.64. The number of para-hydroxylation sites is 1. The van der Waals surface area contributed by atoms with Crippen LogP contribution in [-0.2, 0) is 11.2 Å². The van der Waals surface area contributed by atoms with Crippen molar-refractivity contribution in [3.8, 4) is 0 Å². The maximum atomic E-state index is 11.4. The summed E-state index contributed by atoms with van der Waals surface area (Å²) in [6.45, 7) is 0. The molecule has 5 nitrogen and oxygen atoms in total. The normalized spacial score (nSPS) is 10.4. The molecule has 2 aromatic rings. The predicted octanol–water partition coefficient (Wildman–Crippen LogP) is 1.15. The average molecular weight is 232 g/mol. The minimum atomic E-state index is -1.06. The standard InChI is InChI=1S/C12H12N2O3/c1-13-10(15)6-8-7-4-2-3-5-9(7)14-11(8)12(16)17/h2-5,14H,6H2,1H3,(H,13,15)(H,16,17). The first-order valence-corrected chi connectivity index (χ1v) is 5.17. The Morgan fingerprint density at radius 2 is 2.06 bits per heavy atom. The van der Waals surface area contributed by atoms with Crippen LogP contribution in [0.3, 0.4) is 0 Å². The molecule has 0 aliphatic heterocycles. The number of carboxylic acid groups (broad SMARTS) is 1. The fraction of sp³-hybridized carbons (Fsp3) is 0.167. The number of aromatic carboxylic acids is 1. The van der Waals surface area contributed by atoms with Crippen LogP contribution in [0.25, 0.3) is 10.9 Å². The predicted molar refractivity (Wildman–Crippen MR) is 63.0 cm³/mol. The zero-order chi connectivity index (χ0) is 12.4. The van der Waals surface area contributed by atoms with E-state index >= 15 is 0 Å². The molecule has 1 aromatic heterocycles. The molecular formula is C12H12N2O3. The van der Waals surface area contributed by atoms with Gasteiger partial charge in [-0.15, -0.1) is 0 Å². The van der Waals surface area contributed by atoms with Gasteiger partial charge in [-0.05, 0) is 6.07 Å². The van der Waals surface area contributed by atoms with Gasteiger partial charge >= 0.3 is 5.97 Å².